The van der Waals surface area contributed by atoms with Gasteiger partial charge in [0.2, 0.25) is 0 Å². The van der Waals surface area contributed by atoms with E-state index in [9.17, 15) is 9.59 Å². The van der Waals surface area contributed by atoms with Crippen LogP contribution in [0.25, 0.3) is 22.7 Å². The number of hydrogen-bond acceptors (Lipinski definition) is 8. The highest BCUT2D eigenvalue weighted by molar-refractivity contribution is 5.63. The van der Waals surface area contributed by atoms with E-state index in [1.807, 2.05) is 36.7 Å². The normalized spacial score (nSPS) is 21.5. The predicted octanol–water partition coefficient (Wildman–Crippen LogP) is 1.25. The van der Waals surface area contributed by atoms with Gasteiger partial charge >= 0.3 is 0 Å². The molecule has 4 aromatic heterocycles. The second-order valence-corrected chi connectivity index (χ2v) is 11.4. The van der Waals surface area contributed by atoms with E-state index in [1.54, 1.807) is 8.80 Å². The largest absolute Gasteiger partial charge is 0.367 e. The van der Waals surface area contributed by atoms with Crippen molar-refractivity contribution in [3.63, 3.8) is 0 Å². The Labute approximate surface area is 218 Å². The minimum absolute atomic E-state index is 0.187. The van der Waals surface area contributed by atoms with Gasteiger partial charge in [-0.25, -0.2) is 9.97 Å². The molecule has 2 spiro atoms. The molecule has 0 atom stereocenters. The van der Waals surface area contributed by atoms with Gasteiger partial charge in [-0.3, -0.25) is 18.4 Å². The lowest BCUT2D eigenvalue weighted by atomic mass is 10.1. The van der Waals surface area contributed by atoms with Gasteiger partial charge in [0, 0.05) is 74.9 Å². The Hall–Kier alpha value is -3.76. The number of rotatable bonds is 3. The molecule has 2 saturated carbocycles. The molecule has 4 aliphatic rings. The van der Waals surface area contributed by atoms with Crippen LogP contribution < -0.4 is 31.6 Å². The van der Waals surface area contributed by atoms with Crippen molar-refractivity contribution in [2.45, 2.75) is 36.8 Å². The minimum Gasteiger partial charge on any atom is -0.367 e. The molecule has 6 heterocycles. The average molecular weight is 511 g/mol. The molecule has 10 nitrogen and oxygen atoms in total. The summed E-state index contributed by atoms with van der Waals surface area (Å²) in [4.78, 5) is 40.4. The lowest BCUT2D eigenvalue weighted by molar-refractivity contribution is 0.442. The first-order valence-electron chi connectivity index (χ1n) is 13.6. The number of piperazine rings is 2. The maximum Gasteiger partial charge on any atom is 0.258 e. The third-order valence-corrected chi connectivity index (χ3v) is 8.74. The minimum atomic E-state index is -0.187. The molecule has 4 aromatic rings. The van der Waals surface area contributed by atoms with Crippen LogP contribution in [-0.4, -0.2) is 69.1 Å². The number of nitrogens with one attached hydrogen (secondary N) is 2. The lowest BCUT2D eigenvalue weighted by Crippen LogP contribution is -2.52. The zero-order valence-corrected chi connectivity index (χ0v) is 21.2. The maximum absolute atomic E-state index is 13.1. The molecule has 0 unspecified atom stereocenters. The standard InChI is InChI=1S/C28H30N8O2/c37-25-13-21(31-23-3-1-19(15-35(23)25)33-11-9-29-27(17-33)5-6-27)22-14-26(38)36-16-20(2-4-24(36)32-22)34-12-10-30-28(18-34)7-8-28/h1-4,13-16,29-30H,5-12,17-18H2. The summed E-state index contributed by atoms with van der Waals surface area (Å²) >= 11 is 0. The van der Waals surface area contributed by atoms with Gasteiger partial charge in [0.1, 0.15) is 11.3 Å². The van der Waals surface area contributed by atoms with Gasteiger partial charge in [-0.15, -0.1) is 0 Å². The summed E-state index contributed by atoms with van der Waals surface area (Å²) in [6.07, 6.45) is 8.58. The highest BCUT2D eigenvalue weighted by Crippen LogP contribution is 2.39. The van der Waals surface area contributed by atoms with E-state index in [-0.39, 0.29) is 22.2 Å². The SMILES string of the molecule is O=c1cc(-c2cc(=O)n3cc(N4CCNC5(CC5)C4)ccc3n2)nc2ccc(N3CCNC4(CC4)C3)cn12. The monoisotopic (exact) mass is 510 g/mol. The van der Waals surface area contributed by atoms with Crippen LogP contribution in [0.4, 0.5) is 11.4 Å². The van der Waals surface area contributed by atoms with Gasteiger partial charge in [0.25, 0.3) is 11.1 Å². The van der Waals surface area contributed by atoms with Crippen LogP contribution in [0.5, 0.6) is 0 Å². The van der Waals surface area contributed by atoms with Crippen molar-refractivity contribution in [1.82, 2.24) is 29.4 Å². The molecule has 8 rings (SSSR count). The van der Waals surface area contributed by atoms with Crippen LogP contribution in [0.15, 0.2) is 58.4 Å². The van der Waals surface area contributed by atoms with Crippen LogP contribution in [0, 0.1) is 0 Å². The Morgan fingerprint density at radius 3 is 1.53 bits per heavy atom. The van der Waals surface area contributed by atoms with Gasteiger partial charge in [0.15, 0.2) is 0 Å². The topological polar surface area (TPSA) is 99.3 Å². The second kappa shape index (κ2) is 7.87. The molecule has 4 fully saturated rings. The predicted molar refractivity (Wildman–Crippen MR) is 146 cm³/mol. The number of hydrogen-bond donors (Lipinski definition) is 2. The first-order chi connectivity index (χ1) is 18.5. The molecule has 0 bridgehead atoms. The van der Waals surface area contributed by atoms with E-state index in [0.717, 1.165) is 50.6 Å². The summed E-state index contributed by atoms with van der Waals surface area (Å²) < 4.78 is 3.17. The van der Waals surface area contributed by atoms with Crippen molar-refractivity contribution in [3.05, 3.63) is 69.5 Å². The van der Waals surface area contributed by atoms with Crippen LogP contribution >= 0.6 is 0 Å². The summed E-state index contributed by atoms with van der Waals surface area (Å²) in [5.41, 5.74) is 4.07. The van der Waals surface area contributed by atoms with E-state index in [1.165, 1.54) is 37.8 Å². The number of fused-ring (bicyclic) bond motifs is 2. The van der Waals surface area contributed by atoms with Crippen molar-refractivity contribution in [2.75, 3.05) is 49.1 Å². The van der Waals surface area contributed by atoms with E-state index in [0.29, 0.717) is 22.7 Å². The molecular formula is C28H30N8O2. The van der Waals surface area contributed by atoms with Gasteiger partial charge < -0.3 is 20.4 Å². The number of nitrogens with zero attached hydrogens (tertiary/aromatic N) is 6. The summed E-state index contributed by atoms with van der Waals surface area (Å²) in [5.74, 6) is 0. The van der Waals surface area contributed by atoms with Gasteiger partial charge in [0.05, 0.1) is 22.8 Å². The first kappa shape index (κ1) is 22.2. The van der Waals surface area contributed by atoms with Crippen molar-refractivity contribution in [1.29, 1.82) is 0 Å². The fourth-order valence-corrected chi connectivity index (χ4v) is 6.14. The van der Waals surface area contributed by atoms with Crippen molar-refractivity contribution >= 4 is 22.7 Å². The highest BCUT2D eigenvalue weighted by atomic mass is 16.1. The second-order valence-electron chi connectivity index (χ2n) is 11.4. The number of aromatic nitrogens is 4. The van der Waals surface area contributed by atoms with Crippen LogP contribution in [-0.2, 0) is 0 Å². The van der Waals surface area contributed by atoms with Gasteiger partial charge in [-0.2, -0.15) is 0 Å². The molecule has 0 radical (unpaired) electrons. The number of pyridine rings is 2. The zero-order chi connectivity index (χ0) is 25.5. The molecule has 38 heavy (non-hydrogen) atoms. The molecule has 2 aliphatic heterocycles. The Bertz CT molecular complexity index is 1590. The molecule has 0 aromatic carbocycles. The third-order valence-electron chi connectivity index (χ3n) is 8.74. The van der Waals surface area contributed by atoms with Crippen LogP contribution in [0.3, 0.4) is 0 Å². The summed E-state index contributed by atoms with van der Waals surface area (Å²) in [6, 6.07) is 10.8. The third kappa shape index (κ3) is 3.70. The summed E-state index contributed by atoms with van der Waals surface area (Å²) in [5, 5.41) is 7.25. The van der Waals surface area contributed by atoms with Gasteiger partial charge in [-0.1, -0.05) is 0 Å². The maximum atomic E-state index is 13.1. The van der Waals surface area contributed by atoms with E-state index in [2.05, 4.69) is 20.4 Å². The summed E-state index contributed by atoms with van der Waals surface area (Å²) in [6.45, 7) is 5.64. The van der Waals surface area contributed by atoms with E-state index >= 15 is 0 Å². The smallest absolute Gasteiger partial charge is 0.258 e. The van der Waals surface area contributed by atoms with Crippen molar-refractivity contribution < 1.29 is 0 Å². The average Bonchev–Trinajstić information content (AvgIpc) is 3.87. The Morgan fingerprint density at radius 2 is 1.11 bits per heavy atom. The summed E-state index contributed by atoms with van der Waals surface area (Å²) in [7, 11) is 0. The molecule has 0 amide bonds. The number of anilines is 2. The van der Waals surface area contributed by atoms with E-state index < -0.39 is 0 Å². The Kier molecular flexibility index (Phi) is 4.61. The molecule has 10 heteroatoms. The fraction of sp³-hybridized carbons (Fsp3) is 0.429. The fourth-order valence-electron chi connectivity index (χ4n) is 6.14. The zero-order valence-electron chi connectivity index (χ0n) is 21.2. The van der Waals surface area contributed by atoms with Gasteiger partial charge in [-0.05, 0) is 49.9 Å². The van der Waals surface area contributed by atoms with Crippen LogP contribution in [0.1, 0.15) is 25.7 Å². The highest BCUT2D eigenvalue weighted by Gasteiger charge is 2.46. The molecule has 2 N–H and O–H groups in total. The van der Waals surface area contributed by atoms with E-state index in [4.69, 9.17) is 9.97 Å². The van der Waals surface area contributed by atoms with Crippen molar-refractivity contribution in [2.24, 2.45) is 0 Å². The quantitative estimate of drug-likeness (QED) is 0.425. The Morgan fingerprint density at radius 1 is 0.658 bits per heavy atom. The first-order valence-corrected chi connectivity index (χ1v) is 13.6. The molecule has 2 aliphatic carbocycles. The lowest BCUT2D eigenvalue weighted by Gasteiger charge is -2.35. The molecular weight excluding hydrogens is 480 g/mol. The molecule has 194 valence electrons. The molecule has 2 saturated heterocycles. The van der Waals surface area contributed by atoms with Crippen LogP contribution in [0.2, 0.25) is 0 Å². The Balaban J connectivity index is 1.12. The van der Waals surface area contributed by atoms with Crippen molar-refractivity contribution in [3.8, 4) is 11.4 Å².